The summed E-state index contributed by atoms with van der Waals surface area (Å²) in [5, 5.41) is 0.671. The fraction of sp³-hybridized carbons (Fsp3) is 0.214. The molecule has 2 aromatic rings. The van der Waals surface area contributed by atoms with E-state index in [0.717, 1.165) is 17.5 Å². The number of aryl methyl sites for hydroxylation is 1. The maximum absolute atomic E-state index is 6.11. The van der Waals surface area contributed by atoms with Gasteiger partial charge in [0.2, 0.25) is 0 Å². The predicted octanol–water partition coefficient (Wildman–Crippen LogP) is 2.79. The van der Waals surface area contributed by atoms with Crippen LogP contribution in [0.2, 0.25) is 5.02 Å². The van der Waals surface area contributed by atoms with Crippen LogP contribution >= 0.6 is 11.6 Å². The molecule has 1 aromatic heterocycles. The predicted molar refractivity (Wildman–Crippen MR) is 74.2 cm³/mol. The average Bonchev–Trinajstić information content (AvgIpc) is 2.39. The number of hydrogen-bond donors (Lipinski definition) is 2. The van der Waals surface area contributed by atoms with Crippen LogP contribution in [0.1, 0.15) is 22.7 Å². The molecule has 0 saturated heterocycles. The summed E-state index contributed by atoms with van der Waals surface area (Å²) in [6, 6.07) is 10.3. The van der Waals surface area contributed by atoms with E-state index in [4.69, 9.17) is 17.4 Å². The van der Waals surface area contributed by atoms with Gasteiger partial charge in [0.15, 0.2) is 0 Å². The highest BCUT2D eigenvalue weighted by Gasteiger charge is 2.12. The van der Waals surface area contributed by atoms with Crippen molar-refractivity contribution in [2.75, 3.05) is 0 Å². The van der Waals surface area contributed by atoms with Crippen molar-refractivity contribution >= 4 is 11.6 Å². The Morgan fingerprint density at radius 2 is 2.00 bits per heavy atom. The van der Waals surface area contributed by atoms with Crippen LogP contribution in [0.25, 0.3) is 0 Å². The Morgan fingerprint density at radius 3 is 2.61 bits per heavy atom. The Hall–Kier alpha value is -1.42. The van der Waals surface area contributed by atoms with Crippen molar-refractivity contribution in [3.8, 4) is 0 Å². The number of nitrogens with zero attached hydrogens (tertiary/aromatic N) is 1. The number of nitrogens with one attached hydrogen (secondary N) is 1. The number of benzene rings is 1. The molecule has 1 aromatic carbocycles. The van der Waals surface area contributed by atoms with Crippen molar-refractivity contribution in [1.29, 1.82) is 0 Å². The van der Waals surface area contributed by atoms with Gasteiger partial charge in [-0.15, -0.1) is 0 Å². The topological polar surface area (TPSA) is 50.9 Å². The average molecular weight is 262 g/mol. The zero-order valence-electron chi connectivity index (χ0n) is 10.2. The van der Waals surface area contributed by atoms with Gasteiger partial charge >= 0.3 is 0 Å². The molecule has 18 heavy (non-hydrogen) atoms. The summed E-state index contributed by atoms with van der Waals surface area (Å²) in [6.45, 7) is 2.06. The van der Waals surface area contributed by atoms with Gasteiger partial charge in [-0.3, -0.25) is 16.3 Å². The van der Waals surface area contributed by atoms with Crippen LogP contribution in [0.15, 0.2) is 42.7 Å². The molecule has 0 aliphatic heterocycles. The number of pyridine rings is 1. The van der Waals surface area contributed by atoms with Gasteiger partial charge < -0.3 is 0 Å². The van der Waals surface area contributed by atoms with Gasteiger partial charge in [-0.2, -0.15) is 0 Å². The van der Waals surface area contributed by atoms with Crippen molar-refractivity contribution in [2.24, 2.45) is 5.84 Å². The van der Waals surface area contributed by atoms with E-state index in [1.165, 1.54) is 5.56 Å². The molecule has 0 amide bonds. The lowest BCUT2D eigenvalue weighted by atomic mass is 9.99. The lowest BCUT2D eigenvalue weighted by Gasteiger charge is -2.17. The number of nitrogens with two attached hydrogens (primary N) is 1. The van der Waals surface area contributed by atoms with Gasteiger partial charge in [-0.25, -0.2) is 0 Å². The second-order valence-corrected chi connectivity index (χ2v) is 4.71. The molecule has 1 heterocycles. The van der Waals surface area contributed by atoms with E-state index in [1.54, 1.807) is 12.4 Å². The molecule has 94 valence electrons. The minimum Gasteiger partial charge on any atom is -0.271 e. The highest BCUT2D eigenvalue weighted by molar-refractivity contribution is 6.31. The van der Waals surface area contributed by atoms with E-state index in [1.807, 2.05) is 6.07 Å². The Kier molecular flexibility index (Phi) is 4.31. The summed E-state index contributed by atoms with van der Waals surface area (Å²) in [7, 11) is 0. The maximum atomic E-state index is 6.11. The Labute approximate surface area is 112 Å². The molecule has 0 fully saturated rings. The van der Waals surface area contributed by atoms with Crippen LogP contribution in [0.4, 0.5) is 0 Å². The van der Waals surface area contributed by atoms with Crippen LogP contribution < -0.4 is 11.3 Å². The Bertz CT molecular complexity index is 511. The van der Waals surface area contributed by atoms with E-state index in [9.17, 15) is 0 Å². The van der Waals surface area contributed by atoms with Crippen LogP contribution in [-0.4, -0.2) is 4.98 Å². The number of rotatable bonds is 4. The molecule has 3 nitrogen and oxygen atoms in total. The van der Waals surface area contributed by atoms with Gasteiger partial charge in [0.1, 0.15) is 0 Å². The first-order valence-electron chi connectivity index (χ1n) is 5.82. The van der Waals surface area contributed by atoms with Gasteiger partial charge in [0.25, 0.3) is 0 Å². The standard InChI is InChI=1S/C14H16ClN3/c1-10-2-4-11(5-3-10)14(18-16)8-12-6-7-17-9-13(12)15/h2-7,9,14,18H,8,16H2,1H3. The fourth-order valence-electron chi connectivity index (χ4n) is 1.86. The van der Waals surface area contributed by atoms with E-state index < -0.39 is 0 Å². The summed E-state index contributed by atoms with van der Waals surface area (Å²) in [5.41, 5.74) is 6.25. The van der Waals surface area contributed by atoms with Crippen molar-refractivity contribution in [3.05, 3.63) is 64.4 Å². The quantitative estimate of drug-likeness (QED) is 0.657. The van der Waals surface area contributed by atoms with E-state index in [0.29, 0.717) is 5.02 Å². The van der Waals surface area contributed by atoms with Crippen molar-refractivity contribution < 1.29 is 0 Å². The van der Waals surface area contributed by atoms with Crippen LogP contribution in [0.5, 0.6) is 0 Å². The first kappa shape index (κ1) is 13.0. The number of aromatic nitrogens is 1. The van der Waals surface area contributed by atoms with Gasteiger partial charge in [-0.05, 0) is 30.5 Å². The summed E-state index contributed by atoms with van der Waals surface area (Å²) in [4.78, 5) is 3.98. The zero-order chi connectivity index (χ0) is 13.0. The normalized spacial score (nSPS) is 12.4. The van der Waals surface area contributed by atoms with E-state index in [2.05, 4.69) is 41.6 Å². The lowest BCUT2D eigenvalue weighted by Crippen LogP contribution is -2.29. The molecule has 0 aliphatic rings. The summed E-state index contributed by atoms with van der Waals surface area (Å²) in [5.74, 6) is 5.63. The van der Waals surface area contributed by atoms with Gasteiger partial charge in [-0.1, -0.05) is 41.4 Å². The van der Waals surface area contributed by atoms with Crippen LogP contribution in [0, 0.1) is 6.92 Å². The van der Waals surface area contributed by atoms with Crippen molar-refractivity contribution in [2.45, 2.75) is 19.4 Å². The second-order valence-electron chi connectivity index (χ2n) is 4.30. The van der Waals surface area contributed by atoms with Crippen LogP contribution in [-0.2, 0) is 6.42 Å². The first-order valence-corrected chi connectivity index (χ1v) is 6.19. The van der Waals surface area contributed by atoms with Gasteiger partial charge in [0.05, 0.1) is 11.1 Å². The molecule has 0 spiro atoms. The third kappa shape index (κ3) is 3.07. The zero-order valence-corrected chi connectivity index (χ0v) is 11.0. The number of hydrogen-bond acceptors (Lipinski definition) is 3. The summed E-state index contributed by atoms with van der Waals surface area (Å²) in [6.07, 6.45) is 4.13. The van der Waals surface area contributed by atoms with Crippen molar-refractivity contribution in [3.63, 3.8) is 0 Å². The minimum atomic E-state index is 0.0468. The highest BCUT2D eigenvalue weighted by Crippen LogP contribution is 2.22. The Balaban J connectivity index is 2.20. The third-order valence-electron chi connectivity index (χ3n) is 2.96. The first-order chi connectivity index (χ1) is 8.70. The molecular formula is C14H16ClN3. The smallest absolute Gasteiger partial charge is 0.0622 e. The SMILES string of the molecule is Cc1ccc(C(Cc2ccncc2Cl)NN)cc1. The largest absolute Gasteiger partial charge is 0.271 e. The summed E-state index contributed by atoms with van der Waals surface area (Å²) >= 11 is 6.11. The van der Waals surface area contributed by atoms with E-state index >= 15 is 0 Å². The number of hydrazine groups is 1. The molecule has 0 aliphatic carbocycles. The molecule has 4 heteroatoms. The summed E-state index contributed by atoms with van der Waals surface area (Å²) < 4.78 is 0. The maximum Gasteiger partial charge on any atom is 0.0622 e. The molecular weight excluding hydrogens is 246 g/mol. The Morgan fingerprint density at radius 1 is 1.28 bits per heavy atom. The molecule has 2 rings (SSSR count). The molecule has 0 saturated carbocycles. The van der Waals surface area contributed by atoms with Crippen LogP contribution in [0.3, 0.4) is 0 Å². The number of halogens is 1. The fourth-order valence-corrected chi connectivity index (χ4v) is 2.06. The molecule has 0 radical (unpaired) electrons. The monoisotopic (exact) mass is 261 g/mol. The lowest BCUT2D eigenvalue weighted by molar-refractivity contribution is 0.552. The molecule has 3 N–H and O–H groups in total. The molecule has 0 bridgehead atoms. The van der Waals surface area contributed by atoms with E-state index in [-0.39, 0.29) is 6.04 Å². The molecule has 1 atom stereocenters. The highest BCUT2D eigenvalue weighted by atomic mass is 35.5. The molecule has 1 unspecified atom stereocenters. The third-order valence-corrected chi connectivity index (χ3v) is 3.30. The minimum absolute atomic E-state index is 0.0468. The second kappa shape index (κ2) is 5.96. The van der Waals surface area contributed by atoms with Gasteiger partial charge in [0, 0.05) is 12.4 Å². The van der Waals surface area contributed by atoms with Crippen molar-refractivity contribution in [1.82, 2.24) is 10.4 Å².